The number of hydrogen-bond acceptors (Lipinski definition) is 5. The second-order valence-electron chi connectivity index (χ2n) is 9.04. The van der Waals surface area contributed by atoms with Crippen molar-refractivity contribution in [3.8, 4) is 0 Å². The van der Waals surface area contributed by atoms with E-state index in [4.69, 9.17) is 16.3 Å². The molecule has 2 fully saturated rings. The van der Waals surface area contributed by atoms with Gasteiger partial charge in [-0.2, -0.15) is 0 Å². The number of ether oxygens (including phenoxy) is 1. The molecule has 1 aliphatic carbocycles. The van der Waals surface area contributed by atoms with Gasteiger partial charge in [-0.25, -0.2) is 4.79 Å². The number of esters is 1. The Bertz CT molecular complexity index is 1100. The molecule has 0 unspecified atom stereocenters. The lowest BCUT2D eigenvalue weighted by molar-refractivity contribution is -0.146. The van der Waals surface area contributed by atoms with Crippen molar-refractivity contribution in [3.63, 3.8) is 0 Å². The molecule has 3 atom stereocenters. The first-order valence-electron chi connectivity index (χ1n) is 11.6. The number of H-pyrrole nitrogens is 1. The molecular weight excluding hydrogens is 460 g/mol. The predicted molar refractivity (Wildman–Crippen MR) is 126 cm³/mol. The van der Waals surface area contributed by atoms with Crippen LogP contribution in [0.4, 0.5) is 0 Å². The van der Waals surface area contributed by atoms with Crippen LogP contribution in [0.15, 0.2) is 24.3 Å². The quantitative estimate of drug-likeness (QED) is 0.402. The first-order valence-corrected chi connectivity index (χ1v) is 12.0. The van der Waals surface area contributed by atoms with Gasteiger partial charge >= 0.3 is 5.97 Å². The molecule has 182 valence electrons. The Labute approximate surface area is 202 Å². The van der Waals surface area contributed by atoms with E-state index in [1.807, 2.05) is 6.07 Å². The molecule has 4 rings (SSSR count). The molecule has 4 N–H and O–H groups in total. The van der Waals surface area contributed by atoms with E-state index in [0.29, 0.717) is 41.4 Å². The zero-order valence-electron chi connectivity index (χ0n) is 19.0. The van der Waals surface area contributed by atoms with Gasteiger partial charge in [-0.3, -0.25) is 14.4 Å². The fourth-order valence-electron chi connectivity index (χ4n) is 4.37. The van der Waals surface area contributed by atoms with Gasteiger partial charge < -0.3 is 25.7 Å². The maximum Gasteiger partial charge on any atom is 0.328 e. The number of aromatic nitrogens is 1. The molecule has 0 bridgehead atoms. The predicted octanol–water partition coefficient (Wildman–Crippen LogP) is 2.29. The molecule has 0 radical (unpaired) electrons. The highest BCUT2D eigenvalue weighted by molar-refractivity contribution is 6.35. The summed E-state index contributed by atoms with van der Waals surface area (Å²) in [5, 5.41) is 9.55. The van der Waals surface area contributed by atoms with Gasteiger partial charge in [0.2, 0.25) is 11.8 Å². The lowest BCUT2D eigenvalue weighted by Crippen LogP contribution is -2.53. The number of aromatic amines is 1. The van der Waals surface area contributed by atoms with E-state index in [9.17, 15) is 19.2 Å². The Morgan fingerprint density at radius 3 is 2.62 bits per heavy atom. The van der Waals surface area contributed by atoms with E-state index in [2.05, 4.69) is 20.9 Å². The van der Waals surface area contributed by atoms with Crippen molar-refractivity contribution in [2.45, 2.75) is 50.6 Å². The average Bonchev–Trinajstić information content (AvgIpc) is 3.53. The summed E-state index contributed by atoms with van der Waals surface area (Å²) in [6.07, 6.45) is 4.05. The second kappa shape index (κ2) is 10.5. The average molecular weight is 489 g/mol. The number of halogens is 1. The van der Waals surface area contributed by atoms with Crippen molar-refractivity contribution in [2.24, 2.45) is 11.8 Å². The van der Waals surface area contributed by atoms with Crippen LogP contribution in [0.25, 0.3) is 10.9 Å². The van der Waals surface area contributed by atoms with Crippen LogP contribution in [0.5, 0.6) is 0 Å². The smallest absolute Gasteiger partial charge is 0.328 e. The number of carbonyl (C=O) groups excluding carboxylic acids is 4. The van der Waals surface area contributed by atoms with Gasteiger partial charge in [0.1, 0.15) is 17.8 Å². The van der Waals surface area contributed by atoms with Crippen LogP contribution in [0.2, 0.25) is 5.02 Å². The SMILES string of the molecule is COC(=O)[C@H](C[C@@H]1CCCNC1=O)NC(=O)[C@H](CC1CC1)NC(=O)c1cc2c(Cl)cccc2[nH]1. The van der Waals surface area contributed by atoms with Crippen LogP contribution >= 0.6 is 11.6 Å². The molecule has 2 aromatic rings. The van der Waals surface area contributed by atoms with Crippen LogP contribution in [0.1, 0.15) is 49.0 Å². The number of fused-ring (bicyclic) bond motifs is 1. The topological polar surface area (TPSA) is 129 Å². The Morgan fingerprint density at radius 2 is 1.94 bits per heavy atom. The summed E-state index contributed by atoms with van der Waals surface area (Å²) >= 11 is 6.21. The van der Waals surface area contributed by atoms with E-state index in [0.717, 1.165) is 24.8 Å². The van der Waals surface area contributed by atoms with Crippen LogP contribution in [-0.2, 0) is 19.1 Å². The first kappa shape index (κ1) is 24.1. The lowest BCUT2D eigenvalue weighted by Gasteiger charge is -2.27. The van der Waals surface area contributed by atoms with Gasteiger partial charge in [-0.1, -0.05) is 30.5 Å². The van der Waals surface area contributed by atoms with E-state index in [-0.39, 0.29) is 18.2 Å². The van der Waals surface area contributed by atoms with Crippen molar-refractivity contribution in [3.05, 3.63) is 35.0 Å². The summed E-state index contributed by atoms with van der Waals surface area (Å²) in [7, 11) is 1.24. The van der Waals surface area contributed by atoms with Crippen LogP contribution in [0, 0.1) is 11.8 Å². The molecule has 3 amide bonds. The number of nitrogens with one attached hydrogen (secondary N) is 4. The van der Waals surface area contributed by atoms with Crippen LogP contribution < -0.4 is 16.0 Å². The Balaban J connectivity index is 1.46. The zero-order chi connectivity index (χ0) is 24.2. The number of benzene rings is 1. The second-order valence-corrected chi connectivity index (χ2v) is 9.45. The van der Waals surface area contributed by atoms with E-state index in [1.165, 1.54) is 7.11 Å². The Kier molecular flexibility index (Phi) is 7.41. The molecule has 2 aliphatic rings. The highest BCUT2D eigenvalue weighted by Crippen LogP contribution is 2.34. The van der Waals surface area contributed by atoms with Crippen molar-refractivity contribution in [2.75, 3.05) is 13.7 Å². The zero-order valence-corrected chi connectivity index (χ0v) is 19.7. The molecule has 0 spiro atoms. The molecule has 2 heterocycles. The van der Waals surface area contributed by atoms with Crippen molar-refractivity contribution >= 4 is 46.2 Å². The summed E-state index contributed by atoms with van der Waals surface area (Å²) in [5.41, 5.74) is 1.01. The number of methoxy groups -OCH3 is 1. The van der Waals surface area contributed by atoms with Gasteiger partial charge in [0, 0.05) is 28.4 Å². The number of piperidine rings is 1. The summed E-state index contributed by atoms with van der Waals surface area (Å²) in [6, 6.07) is 5.19. The highest BCUT2D eigenvalue weighted by Gasteiger charge is 2.35. The van der Waals surface area contributed by atoms with E-state index >= 15 is 0 Å². The summed E-state index contributed by atoms with van der Waals surface area (Å²) in [6.45, 7) is 0.610. The summed E-state index contributed by atoms with van der Waals surface area (Å²) < 4.78 is 4.87. The molecule has 34 heavy (non-hydrogen) atoms. The summed E-state index contributed by atoms with van der Waals surface area (Å²) in [4.78, 5) is 53.7. The third kappa shape index (κ3) is 5.70. The van der Waals surface area contributed by atoms with Crippen molar-refractivity contribution in [1.29, 1.82) is 0 Å². The van der Waals surface area contributed by atoms with Crippen molar-refractivity contribution in [1.82, 2.24) is 20.9 Å². The van der Waals surface area contributed by atoms with Gasteiger partial charge in [0.05, 0.1) is 7.11 Å². The standard InChI is InChI=1S/C24H29ClN4O5/c1-34-24(33)20(11-14-4-3-9-26-21(14)30)29-22(31)18(10-13-7-8-13)28-23(32)19-12-15-16(25)5-2-6-17(15)27-19/h2,5-6,12-14,18,20,27H,3-4,7-11H2,1H3,(H,26,30)(H,28,32)(H,29,31)/t14-,18-,20-/m0/s1. The maximum atomic E-state index is 13.2. The lowest BCUT2D eigenvalue weighted by atomic mass is 9.91. The van der Waals surface area contributed by atoms with E-state index < -0.39 is 29.9 Å². The maximum absolute atomic E-state index is 13.2. The fourth-order valence-corrected chi connectivity index (χ4v) is 4.60. The summed E-state index contributed by atoms with van der Waals surface area (Å²) in [5.74, 6) is -1.70. The van der Waals surface area contributed by atoms with Crippen LogP contribution in [0.3, 0.4) is 0 Å². The number of amides is 3. The van der Waals surface area contributed by atoms with Gasteiger partial charge in [0.25, 0.3) is 5.91 Å². The highest BCUT2D eigenvalue weighted by atomic mass is 35.5. The molecule has 1 aliphatic heterocycles. The minimum absolute atomic E-state index is 0.130. The number of rotatable bonds is 9. The van der Waals surface area contributed by atoms with E-state index in [1.54, 1.807) is 18.2 Å². The third-order valence-corrected chi connectivity index (χ3v) is 6.79. The Hall–Kier alpha value is -3.07. The van der Waals surface area contributed by atoms with Gasteiger partial charge in [-0.05, 0) is 49.8 Å². The monoisotopic (exact) mass is 488 g/mol. The Morgan fingerprint density at radius 1 is 1.15 bits per heavy atom. The first-order chi connectivity index (χ1) is 16.4. The van der Waals surface area contributed by atoms with Gasteiger partial charge in [0.15, 0.2) is 0 Å². The van der Waals surface area contributed by atoms with Gasteiger partial charge in [-0.15, -0.1) is 0 Å². The number of hydrogen-bond donors (Lipinski definition) is 4. The molecule has 1 saturated heterocycles. The molecule has 1 aromatic heterocycles. The van der Waals surface area contributed by atoms with Crippen LogP contribution in [-0.4, -0.2) is 54.4 Å². The fraction of sp³-hybridized carbons (Fsp3) is 0.500. The van der Waals surface area contributed by atoms with Crippen molar-refractivity contribution < 1.29 is 23.9 Å². The third-order valence-electron chi connectivity index (χ3n) is 6.47. The molecule has 10 heteroatoms. The normalized spacial score (nSPS) is 19.7. The minimum atomic E-state index is -0.975. The molecule has 9 nitrogen and oxygen atoms in total. The molecule has 1 saturated carbocycles. The molecular formula is C24H29ClN4O5. The largest absolute Gasteiger partial charge is 0.467 e. The minimum Gasteiger partial charge on any atom is -0.467 e. The number of carbonyl (C=O) groups is 4. The molecule has 1 aromatic carbocycles.